The number of aliphatic carboxylic acids is 1. The van der Waals surface area contributed by atoms with Gasteiger partial charge in [-0.1, -0.05) is 0 Å². The van der Waals surface area contributed by atoms with Crippen LogP contribution in [0, 0.1) is 10.1 Å². The Bertz CT molecular complexity index is 653. The molecule has 21 heavy (non-hydrogen) atoms. The monoisotopic (exact) mass is 315 g/mol. The molecule has 1 fully saturated rings. The molecule has 1 aliphatic heterocycles. The highest BCUT2D eigenvalue weighted by Gasteiger charge is 2.33. The molecule has 1 aromatic rings. The summed E-state index contributed by atoms with van der Waals surface area (Å²) >= 11 is 0. The van der Waals surface area contributed by atoms with Crippen LogP contribution in [0.3, 0.4) is 0 Å². The molecule has 2 unspecified atom stereocenters. The van der Waals surface area contributed by atoms with Crippen molar-refractivity contribution >= 4 is 21.5 Å². The molecule has 0 amide bonds. The summed E-state index contributed by atoms with van der Waals surface area (Å²) in [5, 5.41) is 19.3. The van der Waals surface area contributed by atoms with Crippen molar-refractivity contribution in [3.8, 4) is 0 Å². The van der Waals surface area contributed by atoms with Crippen molar-refractivity contribution < 1.29 is 28.0 Å². The molecule has 1 aromatic carbocycles. The minimum Gasteiger partial charge on any atom is -0.479 e. The fraction of sp³-hybridized carbons (Fsp3) is 0.417. The zero-order valence-electron chi connectivity index (χ0n) is 10.8. The van der Waals surface area contributed by atoms with Crippen molar-refractivity contribution in [2.75, 3.05) is 5.75 Å². The molecule has 0 aromatic heterocycles. The third-order valence-corrected chi connectivity index (χ3v) is 5.00. The van der Waals surface area contributed by atoms with Gasteiger partial charge in [0.05, 0.1) is 21.7 Å². The number of carboxylic acids is 1. The number of nitro benzene ring substituents is 1. The molecular weight excluding hydrogens is 302 g/mol. The minimum absolute atomic E-state index is 0.0459. The number of hydrogen-bond acceptors (Lipinski definition) is 6. The maximum Gasteiger partial charge on any atom is 0.332 e. The van der Waals surface area contributed by atoms with Gasteiger partial charge in [0.2, 0.25) is 0 Å². The molecule has 1 heterocycles. The number of non-ortho nitro benzene ring substituents is 1. The van der Waals surface area contributed by atoms with Crippen molar-refractivity contribution in [3.63, 3.8) is 0 Å². The molecule has 2 rings (SSSR count). The summed E-state index contributed by atoms with van der Waals surface area (Å²) in [7, 11) is -3.68. The third-order valence-electron chi connectivity index (χ3n) is 3.19. The molecule has 1 saturated heterocycles. The van der Waals surface area contributed by atoms with E-state index in [0.717, 1.165) is 24.3 Å². The zero-order valence-corrected chi connectivity index (χ0v) is 11.7. The first-order chi connectivity index (χ1) is 9.79. The van der Waals surface area contributed by atoms with E-state index in [1.54, 1.807) is 0 Å². The number of nitrogens with zero attached hydrogens (tertiary/aromatic N) is 1. The van der Waals surface area contributed by atoms with Gasteiger partial charge < -0.3 is 9.84 Å². The molecule has 0 aliphatic carbocycles. The maximum absolute atomic E-state index is 12.1. The van der Waals surface area contributed by atoms with Gasteiger partial charge in [0.15, 0.2) is 15.9 Å². The highest BCUT2D eigenvalue weighted by atomic mass is 32.2. The summed E-state index contributed by atoms with van der Waals surface area (Å²) in [5.41, 5.74) is -0.197. The van der Waals surface area contributed by atoms with Crippen molar-refractivity contribution in [2.45, 2.75) is 29.9 Å². The SMILES string of the molecule is O=C(O)C1CCC(CS(=O)(=O)c2ccc([N+](=O)[O-])cc2)O1. The second kappa shape index (κ2) is 5.78. The van der Waals surface area contributed by atoms with Gasteiger partial charge in [-0.3, -0.25) is 10.1 Å². The molecule has 0 radical (unpaired) electrons. The smallest absolute Gasteiger partial charge is 0.332 e. The normalized spacial score (nSPS) is 22.1. The Labute approximate surface area is 120 Å². The highest BCUT2D eigenvalue weighted by molar-refractivity contribution is 7.91. The number of carboxylic acid groups (broad SMARTS) is 1. The number of hydrogen-bond donors (Lipinski definition) is 1. The van der Waals surface area contributed by atoms with Crippen molar-refractivity contribution in [1.82, 2.24) is 0 Å². The van der Waals surface area contributed by atoms with Crippen LogP contribution in [-0.2, 0) is 19.4 Å². The predicted octanol–water partition coefficient (Wildman–Crippen LogP) is 1.00. The summed E-state index contributed by atoms with van der Waals surface area (Å²) in [4.78, 5) is 20.6. The topological polar surface area (TPSA) is 124 Å². The Morgan fingerprint density at radius 3 is 2.43 bits per heavy atom. The van der Waals surface area contributed by atoms with E-state index in [4.69, 9.17) is 9.84 Å². The summed E-state index contributed by atoms with van der Waals surface area (Å²) in [6.07, 6.45) is -1.02. The summed E-state index contributed by atoms with van der Waals surface area (Å²) in [6.45, 7) is 0. The lowest BCUT2D eigenvalue weighted by atomic mass is 10.2. The van der Waals surface area contributed by atoms with Gasteiger partial charge in [-0.15, -0.1) is 0 Å². The van der Waals surface area contributed by atoms with Crippen molar-refractivity contribution in [1.29, 1.82) is 0 Å². The molecule has 114 valence electrons. The number of nitro groups is 1. The molecular formula is C12H13NO7S. The molecule has 1 aliphatic rings. The highest BCUT2D eigenvalue weighted by Crippen LogP contribution is 2.24. The van der Waals surface area contributed by atoms with Gasteiger partial charge in [-0.05, 0) is 25.0 Å². The van der Waals surface area contributed by atoms with Gasteiger partial charge in [-0.2, -0.15) is 0 Å². The van der Waals surface area contributed by atoms with Crippen LogP contribution in [0.4, 0.5) is 5.69 Å². The van der Waals surface area contributed by atoms with Crippen LogP contribution in [0.5, 0.6) is 0 Å². The Morgan fingerprint density at radius 1 is 1.33 bits per heavy atom. The fourth-order valence-electron chi connectivity index (χ4n) is 2.13. The van der Waals surface area contributed by atoms with Gasteiger partial charge in [-0.25, -0.2) is 13.2 Å². The number of rotatable bonds is 5. The van der Waals surface area contributed by atoms with Crippen molar-refractivity contribution in [2.24, 2.45) is 0 Å². The van der Waals surface area contributed by atoms with E-state index in [1.165, 1.54) is 0 Å². The Kier molecular flexibility index (Phi) is 4.24. The Morgan fingerprint density at radius 2 is 1.95 bits per heavy atom. The quantitative estimate of drug-likeness (QED) is 0.635. The van der Waals surface area contributed by atoms with Gasteiger partial charge in [0.25, 0.3) is 5.69 Å². The van der Waals surface area contributed by atoms with Crippen LogP contribution in [0.15, 0.2) is 29.2 Å². The number of benzene rings is 1. The number of carbonyl (C=O) groups is 1. The number of ether oxygens (including phenoxy) is 1. The van der Waals surface area contributed by atoms with Gasteiger partial charge in [0.1, 0.15) is 0 Å². The van der Waals surface area contributed by atoms with E-state index in [2.05, 4.69) is 0 Å². The first-order valence-corrected chi connectivity index (χ1v) is 7.80. The van der Waals surface area contributed by atoms with E-state index >= 15 is 0 Å². The van der Waals surface area contributed by atoms with E-state index in [0.29, 0.717) is 6.42 Å². The van der Waals surface area contributed by atoms with Gasteiger partial charge >= 0.3 is 5.97 Å². The minimum atomic E-state index is -3.68. The maximum atomic E-state index is 12.1. The average molecular weight is 315 g/mol. The molecule has 9 heteroatoms. The van der Waals surface area contributed by atoms with Crippen LogP contribution in [-0.4, -0.2) is 42.4 Å². The van der Waals surface area contributed by atoms with Crippen molar-refractivity contribution in [3.05, 3.63) is 34.4 Å². The largest absolute Gasteiger partial charge is 0.479 e. The Balaban J connectivity index is 2.08. The third kappa shape index (κ3) is 3.56. The average Bonchev–Trinajstić information content (AvgIpc) is 2.87. The fourth-order valence-corrected chi connectivity index (χ4v) is 3.60. The summed E-state index contributed by atoms with van der Waals surface area (Å²) in [6, 6.07) is 4.55. The predicted molar refractivity (Wildman–Crippen MR) is 70.7 cm³/mol. The zero-order chi connectivity index (χ0) is 15.6. The first kappa shape index (κ1) is 15.4. The molecule has 2 atom stereocenters. The van der Waals surface area contributed by atoms with Gasteiger partial charge in [0, 0.05) is 12.1 Å². The van der Waals surface area contributed by atoms with Crippen LogP contribution >= 0.6 is 0 Å². The first-order valence-electron chi connectivity index (χ1n) is 6.15. The van der Waals surface area contributed by atoms with Crippen LogP contribution < -0.4 is 0 Å². The van der Waals surface area contributed by atoms with Crippen LogP contribution in [0.25, 0.3) is 0 Å². The summed E-state index contributed by atoms with van der Waals surface area (Å²) < 4.78 is 29.5. The molecule has 0 spiro atoms. The van der Waals surface area contributed by atoms with Crippen LogP contribution in [0.1, 0.15) is 12.8 Å². The number of sulfone groups is 1. The van der Waals surface area contributed by atoms with E-state index in [1.807, 2.05) is 0 Å². The van der Waals surface area contributed by atoms with E-state index in [9.17, 15) is 23.3 Å². The Hall–Kier alpha value is -2.00. The standard InChI is InChI=1S/C12H13NO7S/c14-12(15)11-6-3-9(20-11)7-21(18,19)10-4-1-8(2-5-10)13(16)17/h1-2,4-5,9,11H,3,6-7H2,(H,14,15). The van der Waals surface area contributed by atoms with E-state index in [-0.39, 0.29) is 22.8 Å². The lowest BCUT2D eigenvalue weighted by molar-refractivity contribution is -0.384. The molecule has 8 nitrogen and oxygen atoms in total. The molecule has 0 bridgehead atoms. The molecule has 1 N–H and O–H groups in total. The lowest BCUT2D eigenvalue weighted by Gasteiger charge is -2.11. The molecule has 0 saturated carbocycles. The second-order valence-electron chi connectivity index (χ2n) is 4.69. The second-order valence-corrected chi connectivity index (χ2v) is 6.73. The lowest BCUT2D eigenvalue weighted by Crippen LogP contribution is -2.25. The van der Waals surface area contributed by atoms with Crippen LogP contribution in [0.2, 0.25) is 0 Å². The van der Waals surface area contributed by atoms with E-state index < -0.39 is 32.9 Å². The summed E-state index contributed by atoms with van der Waals surface area (Å²) in [5.74, 6) is -1.44.